The van der Waals surface area contributed by atoms with Crippen molar-refractivity contribution >= 4 is 21.9 Å². The molecule has 2 unspecified atom stereocenters. The number of carbonyl (C=O) groups excluding carboxylic acids is 2. The van der Waals surface area contributed by atoms with Crippen molar-refractivity contribution in [3.8, 4) is 0 Å². The Kier molecular flexibility index (Phi) is 6.89. The average molecular weight is 313 g/mol. The van der Waals surface area contributed by atoms with Crippen molar-refractivity contribution in [1.82, 2.24) is 4.90 Å². The predicted octanol–water partition coefficient (Wildman–Crippen LogP) is -2.41. The molecule has 0 aliphatic carbocycles. The fraction of sp³-hybridized carbons (Fsp3) is 0.833. The van der Waals surface area contributed by atoms with Gasteiger partial charge in [0.25, 0.3) is 0 Å². The van der Waals surface area contributed by atoms with Crippen LogP contribution < -0.4 is 29.6 Å². The molecule has 0 aromatic rings. The molecule has 1 rings (SSSR count). The summed E-state index contributed by atoms with van der Waals surface area (Å²) < 4.78 is 31.8. The van der Waals surface area contributed by atoms with Crippen LogP contribution in [0.2, 0.25) is 0 Å². The first kappa shape index (κ1) is 20.1. The second kappa shape index (κ2) is 6.87. The first-order valence-corrected chi connectivity index (χ1v) is 7.79. The van der Waals surface area contributed by atoms with Crippen LogP contribution in [0.5, 0.6) is 0 Å². The Morgan fingerprint density at radius 1 is 1.20 bits per heavy atom. The average Bonchev–Trinajstić information content (AvgIpc) is 2.38. The molecule has 1 saturated heterocycles. The van der Waals surface area contributed by atoms with Gasteiger partial charge in [-0.2, -0.15) is 0 Å². The van der Waals surface area contributed by atoms with E-state index in [0.717, 1.165) is 4.90 Å². The number of rotatable bonds is 4. The van der Waals surface area contributed by atoms with Gasteiger partial charge in [-0.1, -0.05) is 27.7 Å². The molecule has 0 spiro atoms. The zero-order valence-electron chi connectivity index (χ0n) is 12.7. The minimum Gasteiger partial charge on any atom is -0.748 e. The Morgan fingerprint density at radius 2 is 1.70 bits per heavy atom. The van der Waals surface area contributed by atoms with Gasteiger partial charge in [-0.15, -0.1) is 0 Å². The third kappa shape index (κ3) is 5.44. The maximum Gasteiger partial charge on any atom is 1.00 e. The SMILES string of the molecule is CC1C(=O)N(CCS(=O)(=O)[O-])C(=O)C1CC(C)(C)C.[Na+]. The molecule has 0 N–H and O–H groups in total. The van der Waals surface area contributed by atoms with Crippen molar-refractivity contribution in [2.45, 2.75) is 34.1 Å². The molecule has 1 fully saturated rings. The quantitative estimate of drug-likeness (QED) is 0.327. The van der Waals surface area contributed by atoms with Crippen LogP contribution in [-0.4, -0.2) is 42.0 Å². The van der Waals surface area contributed by atoms with Gasteiger partial charge >= 0.3 is 29.6 Å². The molecule has 1 aliphatic heterocycles. The molecular weight excluding hydrogens is 293 g/mol. The molecule has 6 nitrogen and oxygen atoms in total. The molecule has 0 aromatic heterocycles. The van der Waals surface area contributed by atoms with Gasteiger partial charge in [-0.25, -0.2) is 8.42 Å². The van der Waals surface area contributed by atoms with Gasteiger partial charge < -0.3 is 4.55 Å². The van der Waals surface area contributed by atoms with Crippen LogP contribution in [0.25, 0.3) is 0 Å². The number of carbonyl (C=O) groups is 2. The van der Waals surface area contributed by atoms with E-state index in [1.54, 1.807) is 6.92 Å². The summed E-state index contributed by atoms with van der Waals surface area (Å²) in [6.07, 6.45) is 0.555. The number of amides is 2. The van der Waals surface area contributed by atoms with Crippen LogP contribution in [-0.2, 0) is 19.7 Å². The second-order valence-electron chi connectivity index (χ2n) is 6.25. The minimum atomic E-state index is -4.42. The van der Waals surface area contributed by atoms with E-state index in [1.807, 2.05) is 20.8 Å². The first-order chi connectivity index (χ1) is 8.42. The van der Waals surface area contributed by atoms with Crippen LogP contribution in [0.4, 0.5) is 0 Å². The Labute approximate surface area is 142 Å². The first-order valence-electron chi connectivity index (χ1n) is 6.21. The fourth-order valence-corrected chi connectivity index (χ4v) is 2.69. The molecular formula is C12H20NNaO5S. The summed E-state index contributed by atoms with van der Waals surface area (Å²) >= 11 is 0. The van der Waals surface area contributed by atoms with Crippen LogP contribution in [0, 0.1) is 17.3 Å². The number of likely N-dealkylation sites (tertiary alicyclic amines) is 1. The van der Waals surface area contributed by atoms with E-state index in [9.17, 15) is 22.6 Å². The molecule has 1 heterocycles. The standard InChI is InChI=1S/C12H21NO5S.Na/c1-8-9(7-12(2,3)4)11(15)13(10(8)14)5-6-19(16,17)18;/h8-9H,5-7H2,1-4H3,(H,16,17,18);/q;+1/p-1. The van der Waals surface area contributed by atoms with Crippen molar-refractivity contribution in [2.75, 3.05) is 12.3 Å². The summed E-state index contributed by atoms with van der Waals surface area (Å²) in [5, 5.41) is 0. The summed E-state index contributed by atoms with van der Waals surface area (Å²) in [6.45, 7) is 7.25. The molecule has 0 bridgehead atoms. The van der Waals surface area contributed by atoms with E-state index < -0.39 is 27.7 Å². The number of hydrogen-bond acceptors (Lipinski definition) is 5. The van der Waals surface area contributed by atoms with Gasteiger partial charge in [0.1, 0.15) is 0 Å². The molecule has 0 radical (unpaired) electrons. The summed E-state index contributed by atoms with van der Waals surface area (Å²) in [4.78, 5) is 25.0. The van der Waals surface area contributed by atoms with Crippen molar-refractivity contribution in [3.05, 3.63) is 0 Å². The van der Waals surface area contributed by atoms with Crippen molar-refractivity contribution in [2.24, 2.45) is 17.3 Å². The molecule has 110 valence electrons. The topological polar surface area (TPSA) is 94.6 Å². The molecule has 1 aliphatic rings. The Hall–Kier alpha value is 0.0500. The molecule has 0 aromatic carbocycles. The van der Waals surface area contributed by atoms with Gasteiger partial charge in [0.2, 0.25) is 11.8 Å². The monoisotopic (exact) mass is 313 g/mol. The van der Waals surface area contributed by atoms with Crippen LogP contribution in [0.15, 0.2) is 0 Å². The smallest absolute Gasteiger partial charge is 0.748 e. The maximum absolute atomic E-state index is 12.1. The second-order valence-corrected chi connectivity index (χ2v) is 7.77. The van der Waals surface area contributed by atoms with Crippen LogP contribution in [0.1, 0.15) is 34.1 Å². The van der Waals surface area contributed by atoms with Gasteiger partial charge in [0.05, 0.1) is 21.8 Å². The van der Waals surface area contributed by atoms with E-state index in [0.29, 0.717) is 6.42 Å². The largest absolute Gasteiger partial charge is 1.00 e. The van der Waals surface area contributed by atoms with Crippen LogP contribution >= 0.6 is 0 Å². The third-order valence-electron chi connectivity index (χ3n) is 3.24. The maximum atomic E-state index is 12.1. The number of nitrogens with zero attached hydrogens (tertiary/aromatic N) is 1. The summed E-state index contributed by atoms with van der Waals surface area (Å²) in [5.74, 6) is -2.36. The number of imide groups is 1. The zero-order chi connectivity index (χ0) is 15.0. The Balaban J connectivity index is 0.00000361. The predicted molar refractivity (Wildman–Crippen MR) is 68.0 cm³/mol. The van der Waals surface area contributed by atoms with E-state index in [1.165, 1.54) is 0 Å². The minimum absolute atomic E-state index is 0. The Morgan fingerprint density at radius 3 is 2.10 bits per heavy atom. The molecule has 20 heavy (non-hydrogen) atoms. The van der Waals surface area contributed by atoms with E-state index in [4.69, 9.17) is 0 Å². The zero-order valence-corrected chi connectivity index (χ0v) is 15.5. The van der Waals surface area contributed by atoms with Crippen molar-refractivity contribution in [3.63, 3.8) is 0 Å². The molecule has 2 amide bonds. The Bertz CT molecular complexity index is 483. The van der Waals surface area contributed by atoms with E-state index in [2.05, 4.69) is 0 Å². The molecule has 2 atom stereocenters. The fourth-order valence-electron chi connectivity index (χ4n) is 2.29. The van der Waals surface area contributed by atoms with Crippen molar-refractivity contribution in [1.29, 1.82) is 0 Å². The van der Waals surface area contributed by atoms with Gasteiger partial charge in [0.15, 0.2) is 0 Å². The molecule has 0 saturated carbocycles. The summed E-state index contributed by atoms with van der Waals surface area (Å²) in [6, 6.07) is 0. The third-order valence-corrected chi connectivity index (χ3v) is 3.92. The normalized spacial score (nSPS) is 23.9. The van der Waals surface area contributed by atoms with E-state index >= 15 is 0 Å². The van der Waals surface area contributed by atoms with Gasteiger partial charge in [0, 0.05) is 12.5 Å². The summed E-state index contributed by atoms with van der Waals surface area (Å²) in [7, 11) is -4.42. The molecule has 8 heteroatoms. The van der Waals surface area contributed by atoms with Crippen LogP contribution in [0.3, 0.4) is 0 Å². The summed E-state index contributed by atoms with van der Waals surface area (Å²) in [5.41, 5.74) is -0.102. The van der Waals surface area contributed by atoms with E-state index in [-0.39, 0.29) is 53.3 Å². The van der Waals surface area contributed by atoms with Gasteiger partial charge in [-0.05, 0) is 11.8 Å². The van der Waals surface area contributed by atoms with Crippen molar-refractivity contribution < 1.29 is 52.1 Å². The van der Waals surface area contributed by atoms with Gasteiger partial charge in [-0.3, -0.25) is 14.5 Å². The number of hydrogen-bond donors (Lipinski definition) is 0.